The molecule has 0 spiro atoms. The van der Waals surface area contributed by atoms with Crippen LogP contribution in [0.4, 0.5) is 0 Å². The second-order valence-corrected chi connectivity index (χ2v) is 5.90. The molecule has 0 aliphatic carbocycles. The van der Waals surface area contributed by atoms with Gasteiger partial charge >= 0.3 is 5.97 Å². The first kappa shape index (κ1) is 13.1. The summed E-state index contributed by atoms with van der Waals surface area (Å²) >= 11 is 0. The lowest BCUT2D eigenvalue weighted by molar-refractivity contribution is -0.151. The van der Waals surface area contributed by atoms with Crippen molar-refractivity contribution < 1.29 is 14.6 Å². The highest BCUT2D eigenvalue weighted by atomic mass is 16.5. The number of carboxylic acid groups (broad SMARTS) is 1. The van der Waals surface area contributed by atoms with E-state index in [0.29, 0.717) is 13.2 Å². The number of benzene rings is 1. The molecule has 18 heavy (non-hydrogen) atoms. The van der Waals surface area contributed by atoms with Crippen molar-refractivity contribution in [1.82, 2.24) is 0 Å². The van der Waals surface area contributed by atoms with Crippen LogP contribution >= 0.6 is 0 Å². The zero-order chi connectivity index (χ0) is 13.4. The summed E-state index contributed by atoms with van der Waals surface area (Å²) < 4.78 is 5.41. The van der Waals surface area contributed by atoms with Gasteiger partial charge in [0.25, 0.3) is 0 Å². The van der Waals surface area contributed by atoms with Gasteiger partial charge in [-0.1, -0.05) is 43.7 Å². The first-order valence-corrected chi connectivity index (χ1v) is 6.24. The van der Waals surface area contributed by atoms with Gasteiger partial charge in [-0.05, 0) is 17.9 Å². The van der Waals surface area contributed by atoms with Gasteiger partial charge in [-0.2, -0.15) is 0 Å². The predicted octanol–water partition coefficient (Wildman–Crippen LogP) is 2.76. The Balaban J connectivity index is 2.39. The monoisotopic (exact) mass is 248 g/mol. The van der Waals surface area contributed by atoms with Crippen LogP contribution in [-0.2, 0) is 14.9 Å². The van der Waals surface area contributed by atoms with Crippen molar-refractivity contribution >= 4 is 5.97 Å². The van der Waals surface area contributed by atoms with Crippen molar-refractivity contribution in [2.45, 2.75) is 32.6 Å². The third kappa shape index (κ3) is 2.03. The number of hydrogen-bond acceptors (Lipinski definition) is 2. The summed E-state index contributed by atoms with van der Waals surface area (Å²) in [5.74, 6) is -0.751. The van der Waals surface area contributed by atoms with Crippen LogP contribution < -0.4 is 0 Å². The van der Waals surface area contributed by atoms with E-state index < -0.39 is 5.97 Å². The lowest BCUT2D eigenvalue weighted by Gasteiger charge is -2.52. The molecule has 0 radical (unpaired) electrons. The SMILES string of the molecule is Cc1cccc(C2(C(C)(C)CC(=O)O)COC2)c1. The fraction of sp³-hybridized carbons (Fsp3) is 0.533. The lowest BCUT2D eigenvalue weighted by atomic mass is 9.59. The smallest absolute Gasteiger partial charge is 0.303 e. The maximum absolute atomic E-state index is 11.1. The van der Waals surface area contributed by atoms with Gasteiger partial charge in [0, 0.05) is 5.41 Å². The summed E-state index contributed by atoms with van der Waals surface area (Å²) in [5.41, 5.74) is 1.91. The Bertz CT molecular complexity index is 459. The van der Waals surface area contributed by atoms with Gasteiger partial charge in [0.1, 0.15) is 0 Å². The van der Waals surface area contributed by atoms with E-state index in [4.69, 9.17) is 9.84 Å². The molecule has 0 unspecified atom stereocenters. The molecular formula is C15H20O3. The Morgan fingerprint density at radius 3 is 2.56 bits per heavy atom. The number of carbonyl (C=O) groups is 1. The molecule has 1 aliphatic heterocycles. The number of carboxylic acids is 1. The van der Waals surface area contributed by atoms with Crippen LogP contribution in [0.3, 0.4) is 0 Å². The first-order valence-electron chi connectivity index (χ1n) is 6.24. The number of aliphatic carboxylic acids is 1. The van der Waals surface area contributed by atoms with E-state index >= 15 is 0 Å². The zero-order valence-electron chi connectivity index (χ0n) is 11.2. The van der Waals surface area contributed by atoms with Crippen molar-refractivity contribution in [1.29, 1.82) is 0 Å². The fourth-order valence-electron chi connectivity index (χ4n) is 2.74. The molecule has 1 aromatic carbocycles. The molecular weight excluding hydrogens is 228 g/mol. The Morgan fingerprint density at radius 2 is 2.11 bits per heavy atom. The molecule has 1 aliphatic rings. The number of aryl methyl sites for hydroxylation is 1. The van der Waals surface area contributed by atoms with Crippen LogP contribution in [0, 0.1) is 12.3 Å². The molecule has 0 aromatic heterocycles. The lowest BCUT2D eigenvalue weighted by Crippen LogP contribution is -2.57. The number of rotatable bonds is 4. The Morgan fingerprint density at radius 1 is 1.44 bits per heavy atom. The first-order chi connectivity index (χ1) is 8.37. The summed E-state index contributed by atoms with van der Waals surface area (Å²) in [6, 6.07) is 8.31. The molecule has 1 heterocycles. The second kappa shape index (κ2) is 4.39. The van der Waals surface area contributed by atoms with Crippen LogP contribution in [-0.4, -0.2) is 24.3 Å². The van der Waals surface area contributed by atoms with Gasteiger partial charge in [0.15, 0.2) is 0 Å². The zero-order valence-corrected chi connectivity index (χ0v) is 11.2. The maximum atomic E-state index is 11.1. The summed E-state index contributed by atoms with van der Waals surface area (Å²) in [4.78, 5) is 11.1. The quantitative estimate of drug-likeness (QED) is 0.891. The van der Waals surface area contributed by atoms with E-state index in [9.17, 15) is 4.79 Å². The third-order valence-electron chi connectivity index (χ3n) is 4.16. The summed E-state index contributed by atoms with van der Waals surface area (Å²) in [7, 11) is 0. The minimum atomic E-state index is -0.751. The van der Waals surface area contributed by atoms with Gasteiger partial charge in [-0.3, -0.25) is 4.79 Å². The van der Waals surface area contributed by atoms with Crippen molar-refractivity contribution in [3.63, 3.8) is 0 Å². The summed E-state index contributed by atoms with van der Waals surface area (Å²) in [6.07, 6.45) is 0.157. The van der Waals surface area contributed by atoms with Gasteiger partial charge in [0.2, 0.25) is 0 Å². The fourth-order valence-corrected chi connectivity index (χ4v) is 2.74. The molecule has 0 saturated carbocycles. The summed E-state index contributed by atoms with van der Waals surface area (Å²) in [6.45, 7) is 7.31. The average molecular weight is 248 g/mol. The molecule has 3 heteroatoms. The topological polar surface area (TPSA) is 46.5 Å². The predicted molar refractivity (Wildman–Crippen MR) is 69.7 cm³/mol. The highest BCUT2D eigenvalue weighted by Crippen LogP contribution is 2.49. The Kier molecular flexibility index (Phi) is 3.20. The van der Waals surface area contributed by atoms with Crippen molar-refractivity contribution in [2.75, 3.05) is 13.2 Å². The van der Waals surface area contributed by atoms with Crippen molar-refractivity contribution in [3.8, 4) is 0 Å². The van der Waals surface area contributed by atoms with Gasteiger partial charge in [0.05, 0.1) is 19.6 Å². The highest BCUT2D eigenvalue weighted by Gasteiger charge is 2.52. The van der Waals surface area contributed by atoms with E-state index in [0.717, 1.165) is 0 Å². The molecule has 0 bridgehead atoms. The van der Waals surface area contributed by atoms with E-state index in [1.54, 1.807) is 0 Å². The minimum absolute atomic E-state index is 0.157. The number of ether oxygens (including phenoxy) is 1. The third-order valence-corrected chi connectivity index (χ3v) is 4.16. The molecule has 98 valence electrons. The van der Waals surface area contributed by atoms with Crippen LogP contribution in [0.1, 0.15) is 31.4 Å². The van der Waals surface area contributed by atoms with Crippen LogP contribution in [0.25, 0.3) is 0 Å². The largest absolute Gasteiger partial charge is 0.481 e. The Hall–Kier alpha value is -1.35. The average Bonchev–Trinajstić information content (AvgIpc) is 2.12. The van der Waals surface area contributed by atoms with Gasteiger partial charge < -0.3 is 9.84 Å². The minimum Gasteiger partial charge on any atom is -0.481 e. The van der Waals surface area contributed by atoms with Crippen molar-refractivity contribution in [2.24, 2.45) is 5.41 Å². The van der Waals surface area contributed by atoms with E-state index in [-0.39, 0.29) is 17.3 Å². The second-order valence-electron chi connectivity index (χ2n) is 5.90. The molecule has 2 rings (SSSR count). The van der Waals surface area contributed by atoms with Crippen molar-refractivity contribution in [3.05, 3.63) is 35.4 Å². The van der Waals surface area contributed by atoms with Crippen LogP contribution in [0.5, 0.6) is 0 Å². The van der Waals surface area contributed by atoms with E-state index in [2.05, 4.69) is 25.1 Å². The Labute approximate surface area is 108 Å². The van der Waals surface area contributed by atoms with Gasteiger partial charge in [-0.25, -0.2) is 0 Å². The van der Waals surface area contributed by atoms with Crippen LogP contribution in [0.15, 0.2) is 24.3 Å². The number of hydrogen-bond donors (Lipinski definition) is 1. The maximum Gasteiger partial charge on any atom is 0.303 e. The van der Waals surface area contributed by atoms with Gasteiger partial charge in [-0.15, -0.1) is 0 Å². The normalized spacial score (nSPS) is 18.2. The molecule has 0 amide bonds. The molecule has 3 nitrogen and oxygen atoms in total. The molecule has 1 fully saturated rings. The highest BCUT2D eigenvalue weighted by molar-refractivity contribution is 5.68. The molecule has 0 atom stereocenters. The molecule has 1 aromatic rings. The van der Waals surface area contributed by atoms with E-state index in [1.165, 1.54) is 11.1 Å². The summed E-state index contributed by atoms with van der Waals surface area (Å²) in [5, 5.41) is 9.09. The standard InChI is InChI=1S/C15H20O3/c1-11-5-4-6-12(7-11)15(9-18-10-15)14(2,3)8-13(16)17/h4-7H,8-10H2,1-3H3,(H,16,17). The van der Waals surface area contributed by atoms with E-state index in [1.807, 2.05) is 19.9 Å². The molecule has 1 N–H and O–H groups in total. The van der Waals surface area contributed by atoms with Crippen LogP contribution in [0.2, 0.25) is 0 Å². The molecule has 1 saturated heterocycles.